The molecule has 0 aromatic heterocycles. The topological polar surface area (TPSA) is 96.9 Å². The highest BCUT2D eigenvalue weighted by Crippen LogP contribution is 2.41. The van der Waals surface area contributed by atoms with E-state index in [9.17, 15) is 14.7 Å². The van der Waals surface area contributed by atoms with Crippen molar-refractivity contribution in [3.05, 3.63) is 58.7 Å². The van der Waals surface area contributed by atoms with E-state index in [4.69, 9.17) is 21.7 Å². The Kier molecular flexibility index (Phi) is 4.27. The first-order chi connectivity index (χ1) is 13.4. The molecule has 0 saturated carbocycles. The van der Waals surface area contributed by atoms with Crippen LogP contribution in [-0.2, 0) is 4.79 Å². The maximum atomic E-state index is 13.0. The molecule has 1 aliphatic heterocycles. The van der Waals surface area contributed by atoms with Crippen LogP contribution in [0.15, 0.2) is 42.0 Å². The Labute approximate surface area is 166 Å². The Hall–Kier alpha value is -3.39. The van der Waals surface area contributed by atoms with E-state index in [-0.39, 0.29) is 16.9 Å². The van der Waals surface area contributed by atoms with Crippen molar-refractivity contribution >= 4 is 34.6 Å². The molecule has 0 radical (unpaired) electrons. The van der Waals surface area contributed by atoms with Gasteiger partial charge in [0.2, 0.25) is 11.6 Å². The van der Waals surface area contributed by atoms with Crippen LogP contribution in [-0.4, -0.2) is 36.0 Å². The van der Waals surface area contributed by atoms with Crippen LogP contribution in [0.3, 0.4) is 0 Å². The van der Waals surface area contributed by atoms with Gasteiger partial charge in [-0.1, -0.05) is 12.1 Å². The molecule has 1 atom stereocenters. The predicted octanol–water partition coefficient (Wildman–Crippen LogP) is 2.10. The van der Waals surface area contributed by atoms with Crippen molar-refractivity contribution in [3.63, 3.8) is 0 Å². The van der Waals surface area contributed by atoms with Gasteiger partial charge in [-0.3, -0.25) is 9.59 Å². The number of methoxy groups -OCH3 is 2. The molecule has 1 unspecified atom stereocenters. The molecule has 4 rings (SSSR count). The SMILES string of the molecule is COc1cc2c(cc1OC)C1=C(C(=O)C2=O)C(c2cccc(O)c2)NC(=S)N1. The lowest BCUT2D eigenvalue weighted by molar-refractivity contribution is -0.112. The number of ketones is 2. The van der Waals surface area contributed by atoms with Gasteiger partial charge in [0.15, 0.2) is 16.6 Å². The van der Waals surface area contributed by atoms with Gasteiger partial charge in [-0.2, -0.15) is 0 Å². The number of phenols is 1. The molecule has 8 heteroatoms. The van der Waals surface area contributed by atoms with Gasteiger partial charge in [-0.25, -0.2) is 0 Å². The third kappa shape index (κ3) is 2.69. The lowest BCUT2D eigenvalue weighted by Crippen LogP contribution is -2.47. The van der Waals surface area contributed by atoms with Crippen LogP contribution in [0.2, 0.25) is 0 Å². The highest BCUT2D eigenvalue weighted by molar-refractivity contribution is 7.80. The summed E-state index contributed by atoms with van der Waals surface area (Å²) in [5, 5.41) is 16.1. The van der Waals surface area contributed by atoms with Crippen molar-refractivity contribution in [2.75, 3.05) is 14.2 Å². The minimum atomic E-state index is -0.673. The molecular formula is C20H16N2O5S. The molecule has 1 heterocycles. The van der Waals surface area contributed by atoms with E-state index in [1.165, 1.54) is 32.4 Å². The van der Waals surface area contributed by atoms with Crippen molar-refractivity contribution in [2.45, 2.75) is 6.04 Å². The van der Waals surface area contributed by atoms with Crippen LogP contribution in [0.4, 0.5) is 0 Å². The molecule has 142 valence electrons. The van der Waals surface area contributed by atoms with Crippen LogP contribution >= 0.6 is 12.2 Å². The van der Waals surface area contributed by atoms with Gasteiger partial charge >= 0.3 is 0 Å². The Morgan fingerprint density at radius 1 is 1.00 bits per heavy atom. The average molecular weight is 396 g/mol. The lowest BCUT2D eigenvalue weighted by Gasteiger charge is -2.34. The molecule has 1 aliphatic carbocycles. The number of hydrogen-bond acceptors (Lipinski definition) is 6. The second-order valence-electron chi connectivity index (χ2n) is 6.33. The van der Waals surface area contributed by atoms with Crippen molar-refractivity contribution in [1.29, 1.82) is 0 Å². The summed E-state index contributed by atoms with van der Waals surface area (Å²) in [5.74, 6) is -0.461. The second kappa shape index (κ2) is 6.65. The summed E-state index contributed by atoms with van der Waals surface area (Å²) >= 11 is 5.32. The van der Waals surface area contributed by atoms with Crippen molar-refractivity contribution < 1.29 is 24.2 Å². The Balaban J connectivity index is 1.97. The van der Waals surface area contributed by atoms with Gasteiger partial charge in [-0.05, 0) is 42.0 Å². The molecule has 0 fully saturated rings. The fourth-order valence-corrected chi connectivity index (χ4v) is 3.71. The molecule has 2 aliphatic rings. The van der Waals surface area contributed by atoms with Crippen LogP contribution in [0.5, 0.6) is 17.2 Å². The van der Waals surface area contributed by atoms with Gasteiger partial charge < -0.3 is 25.2 Å². The molecule has 28 heavy (non-hydrogen) atoms. The van der Waals surface area contributed by atoms with Crippen molar-refractivity contribution in [1.82, 2.24) is 10.6 Å². The number of hydrogen-bond donors (Lipinski definition) is 3. The molecular weight excluding hydrogens is 380 g/mol. The summed E-state index contributed by atoms with van der Waals surface area (Å²) in [6, 6.07) is 8.93. The van der Waals surface area contributed by atoms with E-state index in [0.717, 1.165) is 0 Å². The van der Waals surface area contributed by atoms with E-state index in [1.54, 1.807) is 18.2 Å². The van der Waals surface area contributed by atoms with E-state index in [0.29, 0.717) is 33.4 Å². The summed E-state index contributed by atoms with van der Waals surface area (Å²) in [7, 11) is 2.95. The fraction of sp³-hybridized carbons (Fsp3) is 0.150. The number of nitrogens with one attached hydrogen (secondary N) is 2. The van der Waals surface area contributed by atoms with Crippen molar-refractivity contribution in [3.8, 4) is 17.2 Å². The number of fused-ring (bicyclic) bond motifs is 2. The van der Waals surface area contributed by atoms with E-state index < -0.39 is 17.6 Å². The molecule has 2 aromatic rings. The molecule has 2 aromatic carbocycles. The monoisotopic (exact) mass is 396 g/mol. The maximum absolute atomic E-state index is 13.0. The zero-order chi connectivity index (χ0) is 20.0. The standard InChI is InChI=1S/C20H16N2O5S/c1-26-13-7-11-12(8-14(13)27-2)18(24)19(25)15-16(21-20(28)22-17(11)15)9-4-3-5-10(23)6-9/h3-8,16,23H,1-2H3,(H2,21,22,28). The number of aromatic hydroxyl groups is 1. The third-order valence-electron chi connectivity index (χ3n) is 4.76. The van der Waals surface area contributed by atoms with Gasteiger partial charge in [0.25, 0.3) is 0 Å². The minimum absolute atomic E-state index is 0.0484. The first-order valence-electron chi connectivity index (χ1n) is 8.40. The van der Waals surface area contributed by atoms with E-state index in [2.05, 4.69) is 10.6 Å². The van der Waals surface area contributed by atoms with Gasteiger partial charge in [0.1, 0.15) is 5.75 Å². The molecule has 3 N–H and O–H groups in total. The Morgan fingerprint density at radius 2 is 1.68 bits per heavy atom. The van der Waals surface area contributed by atoms with E-state index in [1.807, 2.05) is 0 Å². The van der Waals surface area contributed by atoms with Crippen LogP contribution in [0, 0.1) is 0 Å². The zero-order valence-corrected chi connectivity index (χ0v) is 15.8. The highest BCUT2D eigenvalue weighted by Gasteiger charge is 2.41. The minimum Gasteiger partial charge on any atom is -0.508 e. The van der Waals surface area contributed by atoms with Gasteiger partial charge in [0.05, 0.1) is 31.5 Å². The largest absolute Gasteiger partial charge is 0.508 e. The normalized spacial score (nSPS) is 18.1. The number of benzene rings is 2. The molecule has 0 saturated heterocycles. The van der Waals surface area contributed by atoms with Gasteiger partial charge in [-0.15, -0.1) is 0 Å². The first-order valence-corrected chi connectivity index (χ1v) is 8.81. The maximum Gasteiger partial charge on any atom is 0.234 e. The molecule has 0 spiro atoms. The van der Waals surface area contributed by atoms with E-state index >= 15 is 0 Å². The molecule has 7 nitrogen and oxygen atoms in total. The summed E-state index contributed by atoms with van der Waals surface area (Å²) < 4.78 is 10.6. The second-order valence-corrected chi connectivity index (χ2v) is 6.73. The zero-order valence-electron chi connectivity index (χ0n) is 15.0. The van der Waals surface area contributed by atoms with Gasteiger partial charge in [0, 0.05) is 11.1 Å². The number of Topliss-reactive ketones (excluding diaryl/α,β-unsaturated/α-hetero) is 2. The number of rotatable bonds is 3. The first kappa shape index (κ1) is 18.0. The molecule has 0 amide bonds. The summed E-state index contributed by atoms with van der Waals surface area (Å²) in [6.07, 6.45) is 0. The Morgan fingerprint density at radius 3 is 2.32 bits per heavy atom. The number of phenolic OH excluding ortho intramolecular Hbond substituents is 1. The predicted molar refractivity (Wildman–Crippen MR) is 106 cm³/mol. The highest BCUT2D eigenvalue weighted by atomic mass is 32.1. The summed E-state index contributed by atoms with van der Waals surface area (Å²) in [6.45, 7) is 0. The number of ether oxygens (including phenoxy) is 2. The third-order valence-corrected chi connectivity index (χ3v) is 4.98. The summed E-state index contributed by atoms with van der Waals surface area (Å²) in [5.41, 5.74) is 2.02. The van der Waals surface area contributed by atoms with Crippen molar-refractivity contribution in [2.24, 2.45) is 0 Å². The number of carbonyl (C=O) groups excluding carboxylic acids is 2. The number of thiocarbonyl (C=S) groups is 1. The fourth-order valence-electron chi connectivity index (χ4n) is 3.49. The van der Waals surface area contributed by atoms with Crippen LogP contribution in [0.25, 0.3) is 5.70 Å². The molecule has 0 bridgehead atoms. The van der Waals surface area contributed by atoms with Crippen LogP contribution in [0.1, 0.15) is 27.5 Å². The smallest absolute Gasteiger partial charge is 0.234 e. The number of carbonyl (C=O) groups is 2. The summed E-state index contributed by atoms with van der Waals surface area (Å²) in [4.78, 5) is 25.8. The average Bonchev–Trinajstić information content (AvgIpc) is 2.70. The van der Waals surface area contributed by atoms with Crippen LogP contribution < -0.4 is 20.1 Å². The Bertz CT molecular complexity index is 1080. The lowest BCUT2D eigenvalue weighted by atomic mass is 9.81. The quantitative estimate of drug-likeness (QED) is 0.536.